The molecular formula is C14H15BrFN3O. The summed E-state index contributed by atoms with van der Waals surface area (Å²) in [5, 5.41) is 0. The largest absolute Gasteiger partial charge is 0.438 e. The Hall–Kier alpha value is -1.69. The topological polar surface area (TPSA) is 61.0 Å². The van der Waals surface area contributed by atoms with Gasteiger partial charge in [-0.25, -0.2) is 9.37 Å². The van der Waals surface area contributed by atoms with Gasteiger partial charge in [-0.05, 0) is 19.1 Å². The van der Waals surface area contributed by atoms with Gasteiger partial charge in [0.15, 0.2) is 0 Å². The minimum absolute atomic E-state index is 0.125. The fourth-order valence-corrected chi connectivity index (χ4v) is 2.03. The lowest BCUT2D eigenvalue weighted by atomic mass is 10.2. The highest BCUT2D eigenvalue weighted by molar-refractivity contribution is 9.10. The fourth-order valence-electron chi connectivity index (χ4n) is 1.59. The summed E-state index contributed by atoms with van der Waals surface area (Å²) in [6, 6.07) is 4.31. The van der Waals surface area contributed by atoms with Gasteiger partial charge < -0.3 is 10.5 Å². The number of halogens is 2. The minimum atomic E-state index is -0.391. The lowest BCUT2D eigenvalue weighted by Gasteiger charge is -2.12. The van der Waals surface area contributed by atoms with Gasteiger partial charge in [0.1, 0.15) is 23.2 Å². The zero-order chi connectivity index (χ0) is 14.9. The minimum Gasteiger partial charge on any atom is -0.438 e. The first-order valence-corrected chi connectivity index (χ1v) is 6.94. The van der Waals surface area contributed by atoms with Gasteiger partial charge in [-0.1, -0.05) is 29.8 Å². The number of benzene rings is 1. The van der Waals surface area contributed by atoms with Crippen LogP contribution in [0.2, 0.25) is 0 Å². The van der Waals surface area contributed by atoms with Crippen molar-refractivity contribution in [3.05, 3.63) is 39.9 Å². The molecule has 2 aromatic rings. The molecule has 0 atom stereocenters. The average Bonchev–Trinajstić information content (AvgIpc) is 2.33. The smallest absolute Gasteiger partial charge is 0.227 e. The molecule has 0 saturated carbocycles. The Labute approximate surface area is 125 Å². The van der Waals surface area contributed by atoms with Crippen molar-refractivity contribution in [2.75, 3.05) is 5.73 Å². The van der Waals surface area contributed by atoms with Crippen molar-refractivity contribution in [3.63, 3.8) is 0 Å². The summed E-state index contributed by atoms with van der Waals surface area (Å²) in [6.45, 7) is 5.70. The zero-order valence-corrected chi connectivity index (χ0v) is 13.0. The molecular weight excluding hydrogens is 325 g/mol. The standard InChI is InChI=1S/C14H15BrFN3O/c1-7(2)13-18-12(17)8(3)14(19-13)20-11-5-9(15)4-10(16)6-11/h4-7H,1-3H3,(H2,17,18,19). The summed E-state index contributed by atoms with van der Waals surface area (Å²) in [5.74, 6) is 1.40. The summed E-state index contributed by atoms with van der Waals surface area (Å²) in [5.41, 5.74) is 6.49. The van der Waals surface area contributed by atoms with Crippen LogP contribution in [0, 0.1) is 12.7 Å². The molecule has 1 heterocycles. The van der Waals surface area contributed by atoms with Crippen molar-refractivity contribution in [3.8, 4) is 11.6 Å². The summed E-state index contributed by atoms with van der Waals surface area (Å²) in [7, 11) is 0. The molecule has 0 aliphatic carbocycles. The lowest BCUT2D eigenvalue weighted by Crippen LogP contribution is -2.06. The SMILES string of the molecule is Cc1c(N)nc(C(C)C)nc1Oc1cc(F)cc(Br)c1. The monoisotopic (exact) mass is 339 g/mol. The Morgan fingerprint density at radius 3 is 2.55 bits per heavy atom. The molecule has 2 rings (SSSR count). The molecule has 6 heteroatoms. The van der Waals surface area contributed by atoms with Crippen LogP contribution in [0.25, 0.3) is 0 Å². The van der Waals surface area contributed by atoms with Crippen LogP contribution in [0.15, 0.2) is 22.7 Å². The highest BCUT2D eigenvalue weighted by atomic mass is 79.9. The van der Waals surface area contributed by atoms with Gasteiger partial charge >= 0.3 is 0 Å². The number of ether oxygens (including phenoxy) is 1. The van der Waals surface area contributed by atoms with Crippen LogP contribution in [0.5, 0.6) is 11.6 Å². The van der Waals surface area contributed by atoms with Crippen LogP contribution in [-0.2, 0) is 0 Å². The van der Waals surface area contributed by atoms with Crippen molar-refractivity contribution in [1.29, 1.82) is 0 Å². The Bertz CT molecular complexity index is 626. The second kappa shape index (κ2) is 5.75. The van der Waals surface area contributed by atoms with Gasteiger partial charge in [0.2, 0.25) is 5.88 Å². The van der Waals surface area contributed by atoms with Crippen LogP contribution in [0.1, 0.15) is 31.2 Å². The van der Waals surface area contributed by atoms with E-state index in [4.69, 9.17) is 10.5 Å². The molecule has 0 bridgehead atoms. The third kappa shape index (κ3) is 3.25. The zero-order valence-electron chi connectivity index (χ0n) is 11.4. The maximum Gasteiger partial charge on any atom is 0.227 e. The second-order valence-electron chi connectivity index (χ2n) is 4.76. The second-order valence-corrected chi connectivity index (χ2v) is 5.67. The Morgan fingerprint density at radius 2 is 1.95 bits per heavy atom. The first kappa shape index (κ1) is 14.7. The molecule has 0 fully saturated rings. The van der Waals surface area contributed by atoms with E-state index >= 15 is 0 Å². The highest BCUT2D eigenvalue weighted by Crippen LogP contribution is 2.29. The number of hydrogen-bond acceptors (Lipinski definition) is 4. The Morgan fingerprint density at radius 1 is 1.25 bits per heavy atom. The van der Waals surface area contributed by atoms with Crippen LogP contribution < -0.4 is 10.5 Å². The molecule has 20 heavy (non-hydrogen) atoms. The number of aromatic nitrogens is 2. The van der Waals surface area contributed by atoms with Crippen molar-refractivity contribution < 1.29 is 9.13 Å². The predicted molar refractivity (Wildman–Crippen MR) is 79.4 cm³/mol. The molecule has 2 N–H and O–H groups in total. The lowest BCUT2D eigenvalue weighted by molar-refractivity contribution is 0.448. The van der Waals surface area contributed by atoms with Crippen LogP contribution in [-0.4, -0.2) is 9.97 Å². The molecule has 0 unspecified atom stereocenters. The third-order valence-electron chi connectivity index (χ3n) is 2.72. The first-order chi connectivity index (χ1) is 9.36. The molecule has 1 aromatic carbocycles. The average molecular weight is 340 g/mol. The van der Waals surface area contributed by atoms with E-state index in [0.29, 0.717) is 33.3 Å². The third-order valence-corrected chi connectivity index (χ3v) is 3.18. The van der Waals surface area contributed by atoms with E-state index in [-0.39, 0.29) is 5.92 Å². The number of nitrogens with two attached hydrogens (primary N) is 1. The molecule has 0 radical (unpaired) electrons. The van der Waals surface area contributed by atoms with E-state index < -0.39 is 5.82 Å². The summed E-state index contributed by atoms with van der Waals surface area (Å²) >= 11 is 3.22. The van der Waals surface area contributed by atoms with Gasteiger partial charge in [-0.3, -0.25) is 0 Å². The van der Waals surface area contributed by atoms with E-state index in [2.05, 4.69) is 25.9 Å². The van der Waals surface area contributed by atoms with Gasteiger partial charge in [0, 0.05) is 16.5 Å². The summed E-state index contributed by atoms with van der Waals surface area (Å²) < 4.78 is 19.6. The van der Waals surface area contributed by atoms with Crippen LogP contribution in [0.4, 0.5) is 10.2 Å². The van der Waals surface area contributed by atoms with Crippen LogP contribution >= 0.6 is 15.9 Å². The van der Waals surface area contributed by atoms with E-state index in [1.165, 1.54) is 12.1 Å². The summed E-state index contributed by atoms with van der Waals surface area (Å²) in [4.78, 5) is 8.55. The van der Waals surface area contributed by atoms with Gasteiger partial charge in [-0.2, -0.15) is 4.98 Å². The van der Waals surface area contributed by atoms with E-state index in [0.717, 1.165) is 0 Å². The van der Waals surface area contributed by atoms with Crippen LogP contribution in [0.3, 0.4) is 0 Å². The number of rotatable bonds is 3. The molecule has 0 aliphatic heterocycles. The van der Waals surface area contributed by atoms with Crippen molar-refractivity contribution >= 4 is 21.7 Å². The molecule has 0 saturated heterocycles. The van der Waals surface area contributed by atoms with Crippen molar-refractivity contribution in [2.45, 2.75) is 26.7 Å². The van der Waals surface area contributed by atoms with E-state index in [1.54, 1.807) is 13.0 Å². The van der Waals surface area contributed by atoms with Gasteiger partial charge in [0.25, 0.3) is 0 Å². The molecule has 106 valence electrons. The molecule has 0 aliphatic rings. The fraction of sp³-hybridized carbons (Fsp3) is 0.286. The quantitative estimate of drug-likeness (QED) is 0.910. The number of anilines is 1. The molecule has 0 spiro atoms. The van der Waals surface area contributed by atoms with Crippen molar-refractivity contribution in [2.24, 2.45) is 0 Å². The molecule has 4 nitrogen and oxygen atoms in total. The number of nitrogens with zero attached hydrogens (tertiary/aromatic N) is 2. The maximum atomic E-state index is 13.4. The first-order valence-electron chi connectivity index (χ1n) is 6.14. The Kier molecular flexibility index (Phi) is 4.23. The molecule has 1 aromatic heterocycles. The summed E-state index contributed by atoms with van der Waals surface area (Å²) in [6.07, 6.45) is 0. The number of nitrogen functional groups attached to an aromatic ring is 1. The van der Waals surface area contributed by atoms with E-state index in [1.807, 2.05) is 13.8 Å². The highest BCUT2D eigenvalue weighted by Gasteiger charge is 2.13. The number of hydrogen-bond donors (Lipinski definition) is 1. The van der Waals surface area contributed by atoms with Gasteiger partial charge in [-0.15, -0.1) is 0 Å². The maximum absolute atomic E-state index is 13.4. The Balaban J connectivity index is 2.42. The van der Waals surface area contributed by atoms with E-state index in [9.17, 15) is 4.39 Å². The van der Waals surface area contributed by atoms with Crippen molar-refractivity contribution in [1.82, 2.24) is 9.97 Å². The predicted octanol–water partition coefficient (Wildman–Crippen LogP) is 4.18. The normalized spacial score (nSPS) is 10.9. The van der Waals surface area contributed by atoms with Gasteiger partial charge in [0.05, 0.1) is 5.56 Å². The molecule has 0 amide bonds.